The van der Waals surface area contributed by atoms with Gasteiger partial charge in [0.05, 0.1) is 22.1 Å². The van der Waals surface area contributed by atoms with Gasteiger partial charge in [-0.3, -0.25) is 4.68 Å². The first-order valence-electron chi connectivity index (χ1n) is 5.64. The summed E-state index contributed by atoms with van der Waals surface area (Å²) in [5.74, 6) is 0. The van der Waals surface area contributed by atoms with Crippen LogP contribution in [0.4, 0.5) is 0 Å². The maximum absolute atomic E-state index is 10.8. The van der Waals surface area contributed by atoms with E-state index in [1.54, 1.807) is 0 Å². The second-order valence-corrected chi connectivity index (χ2v) is 6.79. The predicted octanol–water partition coefficient (Wildman–Crippen LogP) is 0.520. The third-order valence-corrected chi connectivity index (χ3v) is 4.21. The molecule has 0 atom stereocenters. The number of rotatable bonds is 7. The summed E-state index contributed by atoms with van der Waals surface area (Å²) in [6.45, 7) is 3.86. The van der Waals surface area contributed by atoms with E-state index in [2.05, 4.69) is 31.1 Å². The van der Waals surface area contributed by atoms with Crippen LogP contribution in [0.15, 0.2) is 4.47 Å². The van der Waals surface area contributed by atoms with Gasteiger partial charge in [-0.1, -0.05) is 0 Å². The minimum atomic E-state index is -3.07. The maximum Gasteiger partial charge on any atom is 0.208 e. The lowest BCUT2D eigenvalue weighted by Crippen LogP contribution is -2.26. The van der Waals surface area contributed by atoms with Crippen LogP contribution in [0.1, 0.15) is 17.8 Å². The summed E-state index contributed by atoms with van der Waals surface area (Å²) >= 11 is 3.49. The number of aryl methyl sites for hydroxylation is 2. The van der Waals surface area contributed by atoms with Gasteiger partial charge in [0.25, 0.3) is 0 Å². The van der Waals surface area contributed by atoms with Crippen LogP contribution in [-0.2, 0) is 23.6 Å². The van der Waals surface area contributed by atoms with Crippen LogP contribution < -0.4 is 10.0 Å². The quantitative estimate of drug-likeness (QED) is 0.710. The Labute approximate surface area is 116 Å². The lowest BCUT2D eigenvalue weighted by molar-refractivity contribution is 0.574. The number of nitrogens with one attached hydrogen (secondary N) is 2. The first-order valence-corrected chi connectivity index (χ1v) is 8.33. The molecule has 6 nitrogen and oxygen atoms in total. The Morgan fingerprint density at radius 1 is 1.39 bits per heavy atom. The van der Waals surface area contributed by atoms with E-state index in [-0.39, 0.29) is 0 Å². The highest BCUT2D eigenvalue weighted by atomic mass is 79.9. The zero-order valence-electron chi connectivity index (χ0n) is 10.8. The second kappa shape index (κ2) is 6.65. The normalized spacial score (nSPS) is 12.0. The molecule has 18 heavy (non-hydrogen) atoms. The number of halogens is 1. The third-order valence-electron chi connectivity index (χ3n) is 2.45. The first kappa shape index (κ1) is 15.6. The van der Waals surface area contributed by atoms with Gasteiger partial charge in [0.15, 0.2) is 0 Å². The molecule has 0 fully saturated rings. The molecule has 2 N–H and O–H groups in total. The van der Waals surface area contributed by atoms with E-state index >= 15 is 0 Å². The molecule has 1 aromatic heterocycles. The van der Waals surface area contributed by atoms with Crippen molar-refractivity contribution in [2.75, 3.05) is 19.3 Å². The van der Waals surface area contributed by atoms with Crippen LogP contribution in [-0.4, -0.2) is 37.5 Å². The molecule has 1 heterocycles. The van der Waals surface area contributed by atoms with Gasteiger partial charge in [-0.15, -0.1) is 0 Å². The van der Waals surface area contributed by atoms with Crippen molar-refractivity contribution in [3.8, 4) is 0 Å². The molecule has 1 rings (SSSR count). The van der Waals surface area contributed by atoms with Gasteiger partial charge in [0.1, 0.15) is 0 Å². The number of nitrogens with zero attached hydrogens (tertiary/aromatic N) is 2. The fraction of sp³-hybridized carbons (Fsp3) is 0.700. The van der Waals surface area contributed by atoms with E-state index in [0.29, 0.717) is 13.1 Å². The minimum Gasteiger partial charge on any atom is -0.311 e. The van der Waals surface area contributed by atoms with Crippen molar-refractivity contribution < 1.29 is 8.42 Å². The summed E-state index contributed by atoms with van der Waals surface area (Å²) in [5.41, 5.74) is 2.05. The zero-order chi connectivity index (χ0) is 13.8. The Balaban J connectivity index is 2.26. The molecule has 0 aliphatic carbocycles. The van der Waals surface area contributed by atoms with E-state index in [9.17, 15) is 8.42 Å². The van der Waals surface area contributed by atoms with Crippen molar-refractivity contribution in [3.05, 3.63) is 15.9 Å². The number of hydrogen-bond acceptors (Lipinski definition) is 4. The molecule has 1 aromatic rings. The predicted molar refractivity (Wildman–Crippen MR) is 74.8 cm³/mol. The van der Waals surface area contributed by atoms with Crippen LogP contribution in [0.2, 0.25) is 0 Å². The van der Waals surface area contributed by atoms with E-state index in [0.717, 1.165) is 35.1 Å². The Morgan fingerprint density at radius 2 is 2.06 bits per heavy atom. The zero-order valence-corrected chi connectivity index (χ0v) is 13.2. The molecule has 0 bridgehead atoms. The van der Waals surface area contributed by atoms with Gasteiger partial charge in [0.2, 0.25) is 10.0 Å². The second-order valence-electron chi connectivity index (χ2n) is 4.17. The Hall–Kier alpha value is -0.440. The Morgan fingerprint density at radius 3 is 2.56 bits per heavy atom. The van der Waals surface area contributed by atoms with Gasteiger partial charge < -0.3 is 5.32 Å². The number of sulfonamides is 1. The minimum absolute atomic E-state index is 0.456. The van der Waals surface area contributed by atoms with Crippen LogP contribution in [0.3, 0.4) is 0 Å². The van der Waals surface area contributed by atoms with Gasteiger partial charge in [-0.25, -0.2) is 13.1 Å². The van der Waals surface area contributed by atoms with Crippen molar-refractivity contribution >= 4 is 26.0 Å². The van der Waals surface area contributed by atoms with Crippen molar-refractivity contribution in [1.82, 2.24) is 19.8 Å². The summed E-state index contributed by atoms with van der Waals surface area (Å²) in [6.07, 6.45) is 1.91. The lowest BCUT2D eigenvalue weighted by Gasteiger charge is -2.06. The molecule has 0 saturated heterocycles. The van der Waals surface area contributed by atoms with Gasteiger partial charge >= 0.3 is 0 Å². The molecule has 0 radical (unpaired) electrons. The van der Waals surface area contributed by atoms with Crippen molar-refractivity contribution in [1.29, 1.82) is 0 Å². The number of hydrogen-bond donors (Lipinski definition) is 2. The maximum atomic E-state index is 10.8. The Kier molecular flexibility index (Phi) is 5.77. The molecule has 0 aliphatic rings. The largest absolute Gasteiger partial charge is 0.311 e. The highest BCUT2D eigenvalue weighted by Gasteiger charge is 2.09. The summed E-state index contributed by atoms with van der Waals surface area (Å²) in [5, 5.41) is 7.55. The van der Waals surface area contributed by atoms with Crippen molar-refractivity contribution in [2.45, 2.75) is 19.9 Å². The van der Waals surface area contributed by atoms with E-state index < -0.39 is 10.0 Å². The van der Waals surface area contributed by atoms with Crippen molar-refractivity contribution in [3.63, 3.8) is 0 Å². The van der Waals surface area contributed by atoms with Gasteiger partial charge in [-0.05, 0) is 35.8 Å². The molecule has 0 amide bonds. The topological polar surface area (TPSA) is 76.0 Å². The number of aromatic nitrogens is 2. The van der Waals surface area contributed by atoms with Crippen molar-refractivity contribution in [2.24, 2.45) is 7.05 Å². The summed E-state index contributed by atoms with van der Waals surface area (Å²) in [6, 6.07) is 0. The van der Waals surface area contributed by atoms with Crippen LogP contribution in [0.25, 0.3) is 0 Å². The molecule has 0 saturated carbocycles. The fourth-order valence-electron chi connectivity index (χ4n) is 1.55. The van der Waals surface area contributed by atoms with Gasteiger partial charge in [-0.2, -0.15) is 5.10 Å². The first-order chi connectivity index (χ1) is 8.31. The van der Waals surface area contributed by atoms with Crippen LogP contribution >= 0.6 is 15.9 Å². The molecule has 0 aliphatic heterocycles. The van der Waals surface area contributed by atoms with Crippen LogP contribution in [0, 0.1) is 6.92 Å². The summed E-state index contributed by atoms with van der Waals surface area (Å²) in [7, 11) is -1.17. The van der Waals surface area contributed by atoms with E-state index in [1.165, 1.54) is 0 Å². The van der Waals surface area contributed by atoms with Crippen LogP contribution in [0.5, 0.6) is 0 Å². The molecule has 0 spiro atoms. The summed E-state index contributed by atoms with van der Waals surface area (Å²) in [4.78, 5) is 0. The monoisotopic (exact) mass is 338 g/mol. The smallest absolute Gasteiger partial charge is 0.208 e. The molecule has 104 valence electrons. The van der Waals surface area contributed by atoms with E-state index in [4.69, 9.17) is 0 Å². The average molecular weight is 339 g/mol. The van der Waals surface area contributed by atoms with Gasteiger partial charge in [0, 0.05) is 20.1 Å². The fourth-order valence-corrected chi connectivity index (χ4v) is 2.54. The average Bonchev–Trinajstić information content (AvgIpc) is 2.47. The molecular weight excluding hydrogens is 320 g/mol. The molecule has 8 heteroatoms. The third kappa shape index (κ3) is 5.05. The molecular formula is C10H19BrN4O2S. The Bertz CT molecular complexity index is 498. The standard InChI is InChI=1S/C10H19BrN4O2S/c1-8-10(11)9(15(2)14-8)7-12-5-4-6-13-18(3,16)17/h12-13H,4-7H2,1-3H3. The SMILES string of the molecule is Cc1nn(C)c(CNCCCNS(C)(=O)=O)c1Br. The highest BCUT2D eigenvalue weighted by Crippen LogP contribution is 2.19. The molecule has 0 aromatic carbocycles. The van der Waals surface area contributed by atoms with E-state index in [1.807, 2.05) is 18.7 Å². The lowest BCUT2D eigenvalue weighted by atomic mass is 10.3. The summed E-state index contributed by atoms with van der Waals surface area (Å²) < 4.78 is 27.0. The highest BCUT2D eigenvalue weighted by molar-refractivity contribution is 9.10. The molecule has 0 unspecified atom stereocenters.